The van der Waals surface area contributed by atoms with Gasteiger partial charge >= 0.3 is 0 Å². The Morgan fingerprint density at radius 1 is 1.06 bits per heavy atom. The zero-order chi connectivity index (χ0) is 13.4. The predicted octanol–water partition coefficient (Wildman–Crippen LogP) is -0.183. The first-order chi connectivity index (χ1) is 8.29. The van der Waals surface area contributed by atoms with Crippen LogP contribution >= 0.6 is 0 Å². The largest absolute Gasteiger partial charge is 0.313 e. The van der Waals surface area contributed by atoms with Gasteiger partial charge in [0, 0.05) is 24.0 Å². The Balaban J connectivity index is 2.34. The van der Waals surface area contributed by atoms with E-state index in [1.807, 2.05) is 6.07 Å². The van der Waals surface area contributed by atoms with Crippen molar-refractivity contribution in [1.82, 2.24) is 0 Å². The molecule has 1 aliphatic carbocycles. The molecule has 96 valence electrons. The van der Waals surface area contributed by atoms with Crippen LogP contribution in [0.5, 0.6) is 0 Å². The highest BCUT2D eigenvalue weighted by Crippen LogP contribution is 2.27. The molecule has 0 fully saturated rings. The van der Waals surface area contributed by atoms with Gasteiger partial charge in [-0.05, 0) is 6.08 Å². The van der Waals surface area contributed by atoms with Crippen LogP contribution in [-0.2, 0) is 0 Å². The van der Waals surface area contributed by atoms with Gasteiger partial charge in [0.2, 0.25) is 0 Å². The van der Waals surface area contributed by atoms with Gasteiger partial charge in [-0.3, -0.25) is 4.79 Å². The van der Waals surface area contributed by atoms with Crippen molar-refractivity contribution in [2.45, 2.75) is 24.2 Å². The molecule has 0 amide bonds. The summed E-state index contributed by atoms with van der Waals surface area (Å²) >= 11 is 0. The zero-order valence-electron chi connectivity index (χ0n) is 10.1. The van der Waals surface area contributed by atoms with Crippen molar-refractivity contribution < 1.29 is 4.79 Å². The van der Waals surface area contributed by atoms with E-state index in [0.29, 0.717) is 11.1 Å². The normalized spacial score (nSPS) is 21.2. The lowest BCUT2D eigenvalue weighted by Crippen LogP contribution is -2.63. The number of hydrogen-bond donors (Lipinski definition) is 4. The topological polar surface area (TPSA) is 121 Å². The van der Waals surface area contributed by atoms with Gasteiger partial charge in [0.05, 0.1) is 11.3 Å². The van der Waals surface area contributed by atoms with E-state index in [1.54, 1.807) is 30.3 Å². The SMILES string of the molecule is NC1(N)C=C(C(=O)c2ccccc2)CC(N)(N)C1. The van der Waals surface area contributed by atoms with E-state index in [-0.39, 0.29) is 18.6 Å². The van der Waals surface area contributed by atoms with Gasteiger partial charge in [0.1, 0.15) is 0 Å². The predicted molar refractivity (Wildman–Crippen MR) is 70.3 cm³/mol. The first kappa shape index (κ1) is 12.9. The second-order valence-corrected chi connectivity index (χ2v) is 5.06. The summed E-state index contributed by atoms with van der Waals surface area (Å²) in [5, 5.41) is 0. The van der Waals surface area contributed by atoms with Gasteiger partial charge in [-0.1, -0.05) is 30.3 Å². The van der Waals surface area contributed by atoms with Crippen LogP contribution < -0.4 is 22.9 Å². The Morgan fingerprint density at radius 3 is 2.22 bits per heavy atom. The number of ketones is 1. The monoisotopic (exact) mass is 246 g/mol. The van der Waals surface area contributed by atoms with E-state index in [1.165, 1.54) is 0 Å². The molecule has 8 N–H and O–H groups in total. The van der Waals surface area contributed by atoms with Crippen LogP contribution in [0.2, 0.25) is 0 Å². The highest BCUT2D eigenvalue weighted by molar-refractivity contribution is 6.09. The van der Waals surface area contributed by atoms with E-state index in [2.05, 4.69) is 0 Å². The third kappa shape index (κ3) is 2.83. The number of benzene rings is 1. The van der Waals surface area contributed by atoms with E-state index in [9.17, 15) is 4.79 Å². The van der Waals surface area contributed by atoms with Crippen molar-refractivity contribution in [3.8, 4) is 0 Å². The zero-order valence-corrected chi connectivity index (χ0v) is 10.1. The van der Waals surface area contributed by atoms with Gasteiger partial charge in [-0.15, -0.1) is 0 Å². The molecule has 18 heavy (non-hydrogen) atoms. The summed E-state index contributed by atoms with van der Waals surface area (Å²) in [4.78, 5) is 12.3. The maximum absolute atomic E-state index is 12.3. The van der Waals surface area contributed by atoms with Gasteiger partial charge in [0.15, 0.2) is 5.78 Å². The van der Waals surface area contributed by atoms with Crippen LogP contribution in [0.4, 0.5) is 0 Å². The lowest BCUT2D eigenvalue weighted by Gasteiger charge is -2.37. The first-order valence-corrected chi connectivity index (χ1v) is 5.76. The van der Waals surface area contributed by atoms with E-state index in [4.69, 9.17) is 22.9 Å². The number of carbonyl (C=O) groups excluding carboxylic acids is 1. The second kappa shape index (κ2) is 4.29. The molecule has 0 spiro atoms. The summed E-state index contributed by atoms with van der Waals surface area (Å²) in [6, 6.07) is 8.92. The first-order valence-electron chi connectivity index (χ1n) is 5.76. The summed E-state index contributed by atoms with van der Waals surface area (Å²) in [5.74, 6) is -0.129. The molecule has 1 aliphatic rings. The fourth-order valence-electron chi connectivity index (χ4n) is 2.33. The molecule has 0 atom stereocenters. The van der Waals surface area contributed by atoms with Gasteiger partial charge < -0.3 is 22.9 Å². The second-order valence-electron chi connectivity index (χ2n) is 5.06. The van der Waals surface area contributed by atoms with Crippen LogP contribution in [-0.4, -0.2) is 17.1 Å². The van der Waals surface area contributed by atoms with Gasteiger partial charge in [0.25, 0.3) is 0 Å². The number of nitrogens with two attached hydrogens (primary N) is 4. The molecule has 0 unspecified atom stereocenters. The van der Waals surface area contributed by atoms with E-state index < -0.39 is 11.3 Å². The Kier molecular flexibility index (Phi) is 3.08. The highest BCUT2D eigenvalue weighted by Gasteiger charge is 2.37. The van der Waals surface area contributed by atoms with Crippen LogP contribution in [0.25, 0.3) is 0 Å². The molecule has 0 radical (unpaired) electrons. The summed E-state index contributed by atoms with van der Waals surface area (Å²) in [6.45, 7) is 0. The van der Waals surface area contributed by atoms with Crippen LogP contribution in [0.15, 0.2) is 42.0 Å². The fourth-order valence-corrected chi connectivity index (χ4v) is 2.33. The summed E-state index contributed by atoms with van der Waals surface area (Å²) in [7, 11) is 0. The number of Topliss-reactive ketones (excluding diaryl/α,β-unsaturated/α-hetero) is 1. The van der Waals surface area contributed by atoms with Crippen LogP contribution in [0, 0.1) is 0 Å². The number of carbonyl (C=O) groups is 1. The standard InChI is InChI=1S/C13H18N4O/c14-12(15)6-10(7-13(16,17)8-12)11(18)9-4-2-1-3-5-9/h1-6H,7-8,14-17H2. The molecule has 0 bridgehead atoms. The lowest BCUT2D eigenvalue weighted by atomic mass is 9.81. The van der Waals surface area contributed by atoms with Crippen molar-refractivity contribution in [1.29, 1.82) is 0 Å². The molecular weight excluding hydrogens is 228 g/mol. The third-order valence-electron chi connectivity index (χ3n) is 2.93. The molecule has 1 aromatic carbocycles. The number of hydrogen-bond acceptors (Lipinski definition) is 5. The smallest absolute Gasteiger partial charge is 0.188 e. The van der Waals surface area contributed by atoms with Gasteiger partial charge in [-0.25, -0.2) is 0 Å². The summed E-state index contributed by atoms with van der Waals surface area (Å²) < 4.78 is 0. The summed E-state index contributed by atoms with van der Waals surface area (Å²) in [5.41, 5.74) is 22.3. The van der Waals surface area contributed by atoms with E-state index >= 15 is 0 Å². The Morgan fingerprint density at radius 2 is 1.67 bits per heavy atom. The van der Waals surface area contributed by atoms with Crippen molar-refractivity contribution in [2.75, 3.05) is 0 Å². The van der Waals surface area contributed by atoms with Crippen molar-refractivity contribution in [2.24, 2.45) is 22.9 Å². The lowest BCUT2D eigenvalue weighted by molar-refractivity contribution is 0.101. The maximum Gasteiger partial charge on any atom is 0.188 e. The molecule has 5 nitrogen and oxygen atoms in total. The van der Waals surface area contributed by atoms with Gasteiger partial charge in [-0.2, -0.15) is 0 Å². The van der Waals surface area contributed by atoms with E-state index in [0.717, 1.165) is 0 Å². The summed E-state index contributed by atoms with van der Waals surface area (Å²) in [6.07, 6.45) is 2.09. The molecule has 0 saturated heterocycles. The molecule has 0 saturated carbocycles. The minimum Gasteiger partial charge on any atom is -0.313 e. The minimum atomic E-state index is -1.14. The molecule has 5 heteroatoms. The van der Waals surface area contributed by atoms with Crippen molar-refractivity contribution in [3.05, 3.63) is 47.5 Å². The average Bonchev–Trinajstić information content (AvgIpc) is 2.25. The fraction of sp³-hybridized carbons (Fsp3) is 0.308. The molecule has 0 aliphatic heterocycles. The Hall–Kier alpha value is -1.53. The third-order valence-corrected chi connectivity index (χ3v) is 2.93. The Labute approximate surface area is 106 Å². The highest BCUT2D eigenvalue weighted by atomic mass is 16.1. The van der Waals surface area contributed by atoms with Crippen LogP contribution in [0.1, 0.15) is 23.2 Å². The molecular formula is C13H18N4O. The minimum absolute atomic E-state index is 0.129. The average molecular weight is 246 g/mol. The van der Waals surface area contributed by atoms with Crippen molar-refractivity contribution in [3.63, 3.8) is 0 Å². The quantitative estimate of drug-likeness (QED) is 0.426. The molecule has 0 aromatic heterocycles. The van der Waals surface area contributed by atoms with Crippen molar-refractivity contribution >= 4 is 5.78 Å². The maximum atomic E-state index is 12.3. The molecule has 2 rings (SSSR count). The Bertz CT molecular complexity index is 491. The molecule has 0 heterocycles. The molecule has 1 aromatic rings. The number of rotatable bonds is 2. The van der Waals surface area contributed by atoms with Crippen LogP contribution in [0.3, 0.4) is 0 Å².